The smallest absolute Gasteiger partial charge is 0.261 e. The van der Waals surface area contributed by atoms with Crippen LogP contribution in [0.1, 0.15) is 29.8 Å². The van der Waals surface area contributed by atoms with Gasteiger partial charge in [0.1, 0.15) is 0 Å². The molecule has 0 aliphatic heterocycles. The summed E-state index contributed by atoms with van der Waals surface area (Å²) in [6, 6.07) is 11.4. The van der Waals surface area contributed by atoms with Crippen molar-refractivity contribution in [1.82, 2.24) is 5.32 Å². The van der Waals surface area contributed by atoms with Gasteiger partial charge >= 0.3 is 0 Å². The highest BCUT2D eigenvalue weighted by molar-refractivity contribution is 9.10. The van der Waals surface area contributed by atoms with Crippen LogP contribution < -0.4 is 10.0 Å². The summed E-state index contributed by atoms with van der Waals surface area (Å²) < 4.78 is 28.5. The van der Waals surface area contributed by atoms with E-state index >= 15 is 0 Å². The van der Waals surface area contributed by atoms with Crippen LogP contribution >= 0.6 is 15.9 Å². The van der Waals surface area contributed by atoms with E-state index in [1.54, 1.807) is 37.3 Å². The Morgan fingerprint density at radius 2 is 1.88 bits per heavy atom. The standard InChI is InChI=1S/C18H21BrN2O3S/c1-12(2)11-20-18(22)17-10-16(8-7-13(17)3)25(23,24)21-15-6-4-5-14(19)9-15/h4-10,12,21H,11H2,1-3H3,(H,20,22). The molecule has 0 unspecified atom stereocenters. The highest BCUT2D eigenvalue weighted by atomic mass is 79.9. The largest absolute Gasteiger partial charge is 0.352 e. The Morgan fingerprint density at radius 1 is 1.16 bits per heavy atom. The van der Waals surface area contributed by atoms with Crippen molar-refractivity contribution in [2.75, 3.05) is 11.3 Å². The van der Waals surface area contributed by atoms with E-state index in [9.17, 15) is 13.2 Å². The van der Waals surface area contributed by atoms with E-state index in [1.165, 1.54) is 12.1 Å². The maximum atomic E-state index is 12.6. The van der Waals surface area contributed by atoms with E-state index < -0.39 is 10.0 Å². The molecule has 0 atom stereocenters. The molecule has 0 bridgehead atoms. The Bertz CT molecular complexity index is 880. The number of halogens is 1. The number of amides is 1. The van der Waals surface area contributed by atoms with Crippen LogP contribution in [0.3, 0.4) is 0 Å². The second-order valence-corrected chi connectivity index (χ2v) is 8.79. The van der Waals surface area contributed by atoms with E-state index in [-0.39, 0.29) is 10.8 Å². The zero-order valence-electron chi connectivity index (χ0n) is 14.3. The van der Waals surface area contributed by atoms with Gasteiger partial charge in [0, 0.05) is 22.3 Å². The predicted molar refractivity (Wildman–Crippen MR) is 103 cm³/mol. The van der Waals surface area contributed by atoms with Crippen LogP contribution in [0.2, 0.25) is 0 Å². The summed E-state index contributed by atoms with van der Waals surface area (Å²) in [7, 11) is -3.78. The summed E-state index contributed by atoms with van der Waals surface area (Å²) in [5.74, 6) is 0.0417. The molecule has 134 valence electrons. The Balaban J connectivity index is 2.29. The number of sulfonamides is 1. The molecular weight excluding hydrogens is 404 g/mol. The highest BCUT2D eigenvalue weighted by Crippen LogP contribution is 2.21. The lowest BCUT2D eigenvalue weighted by Crippen LogP contribution is -2.28. The molecule has 0 aliphatic carbocycles. The first-order valence-electron chi connectivity index (χ1n) is 7.86. The van der Waals surface area contributed by atoms with Crippen LogP contribution in [0.15, 0.2) is 51.8 Å². The molecule has 0 spiro atoms. The molecule has 2 aromatic rings. The number of hydrogen-bond acceptors (Lipinski definition) is 3. The van der Waals surface area contributed by atoms with E-state index in [2.05, 4.69) is 26.0 Å². The van der Waals surface area contributed by atoms with Gasteiger partial charge in [-0.2, -0.15) is 0 Å². The third-order valence-corrected chi connectivity index (χ3v) is 5.38. The topological polar surface area (TPSA) is 75.3 Å². The molecule has 0 aromatic heterocycles. The Labute approximate surface area is 157 Å². The van der Waals surface area contributed by atoms with Crippen molar-refractivity contribution in [1.29, 1.82) is 0 Å². The molecule has 7 heteroatoms. The summed E-state index contributed by atoms with van der Waals surface area (Å²) >= 11 is 3.31. The molecule has 2 rings (SSSR count). The summed E-state index contributed by atoms with van der Waals surface area (Å²) in [6.45, 7) is 6.31. The number of carbonyl (C=O) groups excluding carboxylic acids is 1. The van der Waals surface area contributed by atoms with Gasteiger partial charge in [-0.05, 0) is 48.7 Å². The summed E-state index contributed by atoms with van der Waals surface area (Å²) in [4.78, 5) is 12.4. The highest BCUT2D eigenvalue weighted by Gasteiger charge is 2.18. The van der Waals surface area contributed by atoms with Gasteiger partial charge in [-0.15, -0.1) is 0 Å². The molecule has 0 aliphatic rings. The fourth-order valence-electron chi connectivity index (χ4n) is 2.17. The third-order valence-electron chi connectivity index (χ3n) is 3.51. The predicted octanol–water partition coefficient (Wildman–Crippen LogP) is 3.94. The van der Waals surface area contributed by atoms with Crippen molar-refractivity contribution in [2.24, 2.45) is 5.92 Å². The zero-order valence-corrected chi connectivity index (χ0v) is 16.7. The van der Waals surface area contributed by atoms with Gasteiger partial charge < -0.3 is 5.32 Å². The number of carbonyl (C=O) groups is 1. The third kappa shape index (κ3) is 5.31. The van der Waals surface area contributed by atoms with Crippen molar-refractivity contribution in [3.8, 4) is 0 Å². The van der Waals surface area contributed by atoms with Gasteiger partial charge in [0.25, 0.3) is 15.9 Å². The SMILES string of the molecule is Cc1ccc(S(=O)(=O)Nc2cccc(Br)c2)cc1C(=O)NCC(C)C. The van der Waals surface area contributed by atoms with Crippen molar-refractivity contribution < 1.29 is 13.2 Å². The number of benzene rings is 2. The van der Waals surface area contributed by atoms with E-state index in [1.807, 2.05) is 13.8 Å². The first-order valence-corrected chi connectivity index (χ1v) is 10.1. The fraction of sp³-hybridized carbons (Fsp3) is 0.278. The van der Waals surface area contributed by atoms with Crippen molar-refractivity contribution in [3.05, 3.63) is 58.1 Å². The van der Waals surface area contributed by atoms with Gasteiger partial charge in [-0.1, -0.05) is 41.9 Å². The van der Waals surface area contributed by atoms with Crippen LogP contribution in [0.25, 0.3) is 0 Å². The molecule has 0 saturated carbocycles. The van der Waals surface area contributed by atoms with Crippen LogP contribution in [0, 0.1) is 12.8 Å². The summed E-state index contributed by atoms with van der Waals surface area (Å²) in [6.07, 6.45) is 0. The molecule has 0 fully saturated rings. The number of hydrogen-bond donors (Lipinski definition) is 2. The molecular formula is C18H21BrN2O3S. The fourth-order valence-corrected chi connectivity index (χ4v) is 3.65. The van der Waals surface area contributed by atoms with Crippen LogP contribution in [-0.4, -0.2) is 20.9 Å². The molecule has 1 amide bonds. The van der Waals surface area contributed by atoms with Crippen LogP contribution in [0.4, 0.5) is 5.69 Å². The number of nitrogens with one attached hydrogen (secondary N) is 2. The lowest BCUT2D eigenvalue weighted by atomic mass is 10.1. The lowest BCUT2D eigenvalue weighted by Gasteiger charge is -2.13. The van der Waals surface area contributed by atoms with Gasteiger partial charge in [0.15, 0.2) is 0 Å². The molecule has 0 saturated heterocycles. The number of anilines is 1. The van der Waals surface area contributed by atoms with E-state index in [4.69, 9.17) is 0 Å². The summed E-state index contributed by atoms with van der Waals surface area (Å²) in [5, 5.41) is 2.81. The van der Waals surface area contributed by atoms with Crippen molar-refractivity contribution >= 4 is 37.5 Å². The summed E-state index contributed by atoms with van der Waals surface area (Å²) in [5.41, 5.74) is 1.53. The van der Waals surface area contributed by atoms with Gasteiger partial charge in [0.05, 0.1) is 4.90 Å². The number of aryl methyl sites for hydroxylation is 1. The van der Waals surface area contributed by atoms with Gasteiger partial charge in [-0.25, -0.2) is 8.42 Å². The van der Waals surface area contributed by atoms with Gasteiger partial charge in [0.2, 0.25) is 0 Å². The second-order valence-electron chi connectivity index (χ2n) is 6.20. The van der Waals surface area contributed by atoms with Crippen LogP contribution in [0.5, 0.6) is 0 Å². The minimum atomic E-state index is -3.78. The normalized spacial score (nSPS) is 11.4. The Morgan fingerprint density at radius 3 is 2.52 bits per heavy atom. The molecule has 2 N–H and O–H groups in total. The van der Waals surface area contributed by atoms with Gasteiger partial charge in [-0.3, -0.25) is 9.52 Å². The quantitative estimate of drug-likeness (QED) is 0.736. The Kier molecular flexibility index (Phi) is 6.24. The van der Waals surface area contributed by atoms with Crippen molar-refractivity contribution in [3.63, 3.8) is 0 Å². The lowest BCUT2D eigenvalue weighted by molar-refractivity contribution is 0.0948. The van der Waals surface area contributed by atoms with E-state index in [0.717, 1.165) is 10.0 Å². The maximum absolute atomic E-state index is 12.6. The van der Waals surface area contributed by atoms with E-state index in [0.29, 0.717) is 23.7 Å². The number of rotatable bonds is 6. The molecule has 25 heavy (non-hydrogen) atoms. The van der Waals surface area contributed by atoms with Crippen LogP contribution in [-0.2, 0) is 10.0 Å². The molecule has 5 nitrogen and oxygen atoms in total. The molecule has 0 radical (unpaired) electrons. The second kappa shape index (κ2) is 8.01. The first kappa shape index (κ1) is 19.5. The van der Waals surface area contributed by atoms with Crippen molar-refractivity contribution in [2.45, 2.75) is 25.7 Å². The maximum Gasteiger partial charge on any atom is 0.261 e. The zero-order chi connectivity index (χ0) is 18.6. The first-order chi connectivity index (χ1) is 11.7. The molecule has 2 aromatic carbocycles. The molecule has 0 heterocycles. The minimum Gasteiger partial charge on any atom is -0.352 e. The Hall–Kier alpha value is -1.86. The average Bonchev–Trinajstić information content (AvgIpc) is 2.52. The monoisotopic (exact) mass is 424 g/mol. The average molecular weight is 425 g/mol. The minimum absolute atomic E-state index is 0.0489.